The van der Waals surface area contributed by atoms with E-state index in [0.29, 0.717) is 16.9 Å². The van der Waals surface area contributed by atoms with Crippen molar-refractivity contribution in [3.05, 3.63) is 59.7 Å². The zero-order chi connectivity index (χ0) is 14.1. The first-order chi connectivity index (χ1) is 9.66. The van der Waals surface area contributed by atoms with Gasteiger partial charge in [-0.3, -0.25) is 9.59 Å². The highest BCUT2D eigenvalue weighted by Gasteiger charge is 2.30. The number of benzene rings is 2. The quantitative estimate of drug-likeness (QED) is 0.779. The van der Waals surface area contributed by atoms with Crippen LogP contribution in [-0.4, -0.2) is 11.7 Å². The number of nitrogens with one attached hydrogen (secondary N) is 1. The molecule has 1 heterocycles. The van der Waals surface area contributed by atoms with Gasteiger partial charge in [0.15, 0.2) is 5.78 Å². The van der Waals surface area contributed by atoms with E-state index in [9.17, 15) is 9.59 Å². The van der Waals surface area contributed by atoms with E-state index in [1.54, 1.807) is 18.2 Å². The van der Waals surface area contributed by atoms with Crippen LogP contribution in [-0.2, 0) is 4.79 Å². The minimum atomic E-state index is -0.476. The lowest BCUT2D eigenvalue weighted by molar-refractivity contribution is -0.117. The highest BCUT2D eigenvalue weighted by molar-refractivity contribution is 6.14. The Bertz CT molecular complexity index is 680. The number of amides is 1. The number of Topliss-reactive ketones (excluding diaryl/α,β-unsaturated/α-hetero) is 1. The number of anilines is 2. The fourth-order valence-electron chi connectivity index (χ4n) is 2.54. The molecule has 0 saturated carbocycles. The van der Waals surface area contributed by atoms with Gasteiger partial charge in [0.1, 0.15) is 0 Å². The zero-order valence-electron chi connectivity index (χ0n) is 10.8. The number of hydrogen-bond donors (Lipinski definition) is 2. The largest absolute Gasteiger partial charge is 0.398 e. The van der Waals surface area contributed by atoms with Crippen molar-refractivity contribution < 1.29 is 9.59 Å². The first-order valence-electron chi connectivity index (χ1n) is 6.44. The molecule has 1 aliphatic heterocycles. The van der Waals surface area contributed by atoms with E-state index < -0.39 is 5.92 Å². The molecular formula is C16H14N2O2. The molecule has 1 atom stereocenters. The molecule has 4 nitrogen and oxygen atoms in total. The Morgan fingerprint density at radius 2 is 1.75 bits per heavy atom. The van der Waals surface area contributed by atoms with Crippen molar-refractivity contribution >= 4 is 23.1 Å². The van der Waals surface area contributed by atoms with Crippen molar-refractivity contribution in [2.45, 2.75) is 12.3 Å². The molecule has 3 N–H and O–H groups in total. The molecule has 20 heavy (non-hydrogen) atoms. The van der Waals surface area contributed by atoms with Crippen LogP contribution in [0.2, 0.25) is 0 Å². The van der Waals surface area contributed by atoms with Gasteiger partial charge in [-0.2, -0.15) is 0 Å². The molecule has 0 unspecified atom stereocenters. The van der Waals surface area contributed by atoms with Gasteiger partial charge in [0, 0.05) is 12.1 Å². The first kappa shape index (κ1) is 12.4. The summed E-state index contributed by atoms with van der Waals surface area (Å²) in [7, 11) is 0. The number of nitrogen functional groups attached to an aromatic ring is 1. The molecule has 1 amide bonds. The summed E-state index contributed by atoms with van der Waals surface area (Å²) >= 11 is 0. The molecule has 2 aromatic carbocycles. The number of carbonyl (C=O) groups is 2. The van der Waals surface area contributed by atoms with Crippen LogP contribution in [0.1, 0.15) is 28.3 Å². The summed E-state index contributed by atoms with van der Waals surface area (Å²) in [5, 5.41) is 2.80. The molecule has 0 spiro atoms. The summed E-state index contributed by atoms with van der Waals surface area (Å²) in [6, 6.07) is 14.4. The predicted octanol–water partition coefficient (Wildman–Crippen LogP) is 2.58. The molecule has 3 rings (SSSR count). The summed E-state index contributed by atoms with van der Waals surface area (Å²) in [6.07, 6.45) is 0.136. The third kappa shape index (κ3) is 2.05. The Morgan fingerprint density at radius 3 is 2.50 bits per heavy atom. The van der Waals surface area contributed by atoms with Gasteiger partial charge in [-0.1, -0.05) is 36.4 Å². The maximum atomic E-state index is 12.4. The van der Waals surface area contributed by atoms with Gasteiger partial charge in [0.05, 0.1) is 17.2 Å². The summed E-state index contributed by atoms with van der Waals surface area (Å²) in [4.78, 5) is 24.7. The average molecular weight is 266 g/mol. The van der Waals surface area contributed by atoms with E-state index in [2.05, 4.69) is 5.32 Å². The van der Waals surface area contributed by atoms with Crippen LogP contribution >= 0.6 is 0 Å². The highest BCUT2D eigenvalue weighted by atomic mass is 16.2. The molecule has 1 aliphatic rings. The van der Waals surface area contributed by atoms with E-state index in [1.807, 2.05) is 30.3 Å². The maximum Gasteiger partial charge on any atom is 0.232 e. The topological polar surface area (TPSA) is 72.2 Å². The van der Waals surface area contributed by atoms with Gasteiger partial charge in [-0.15, -0.1) is 0 Å². The maximum absolute atomic E-state index is 12.4. The molecule has 0 aliphatic carbocycles. The Morgan fingerprint density at radius 1 is 1.00 bits per heavy atom. The van der Waals surface area contributed by atoms with E-state index in [4.69, 9.17) is 5.73 Å². The minimum Gasteiger partial charge on any atom is -0.398 e. The Kier molecular flexibility index (Phi) is 2.99. The van der Waals surface area contributed by atoms with E-state index in [-0.39, 0.29) is 18.1 Å². The third-order valence-electron chi connectivity index (χ3n) is 3.54. The van der Waals surface area contributed by atoms with Crippen LogP contribution in [0.4, 0.5) is 11.4 Å². The van der Waals surface area contributed by atoms with E-state index in [0.717, 1.165) is 5.56 Å². The second kappa shape index (κ2) is 4.81. The molecular weight excluding hydrogens is 252 g/mol. The van der Waals surface area contributed by atoms with Crippen molar-refractivity contribution in [3.8, 4) is 0 Å². The Hall–Kier alpha value is -2.62. The molecule has 0 saturated heterocycles. The number of hydrogen-bond acceptors (Lipinski definition) is 3. The molecule has 0 radical (unpaired) electrons. The highest BCUT2D eigenvalue weighted by Crippen LogP contribution is 2.32. The van der Waals surface area contributed by atoms with Gasteiger partial charge >= 0.3 is 0 Å². The molecule has 4 heteroatoms. The molecule has 0 fully saturated rings. The number of nitrogens with two attached hydrogens (primary N) is 1. The monoisotopic (exact) mass is 266 g/mol. The smallest absolute Gasteiger partial charge is 0.232 e. The van der Waals surface area contributed by atoms with Gasteiger partial charge in [-0.25, -0.2) is 0 Å². The van der Waals surface area contributed by atoms with Crippen LogP contribution < -0.4 is 11.1 Å². The van der Waals surface area contributed by atoms with E-state index >= 15 is 0 Å². The first-order valence-corrected chi connectivity index (χ1v) is 6.44. The van der Waals surface area contributed by atoms with Crippen LogP contribution in [0, 0.1) is 0 Å². The number of carbonyl (C=O) groups excluding carboxylic acids is 2. The summed E-state index contributed by atoms with van der Waals surface area (Å²) in [5.74, 6) is -0.755. The standard InChI is InChI=1S/C16H14N2O2/c17-12-7-4-8-13-15(12)14(19)9-11(16(20)18-13)10-5-2-1-3-6-10/h1-8,11H,9,17H2,(H,18,20)/t11-/m0/s1. The van der Waals surface area contributed by atoms with Crippen LogP contribution in [0.25, 0.3) is 0 Å². The van der Waals surface area contributed by atoms with Gasteiger partial charge in [0.25, 0.3) is 0 Å². The fourth-order valence-corrected chi connectivity index (χ4v) is 2.54. The van der Waals surface area contributed by atoms with Crippen molar-refractivity contribution in [1.82, 2.24) is 0 Å². The summed E-state index contributed by atoms with van der Waals surface area (Å²) < 4.78 is 0. The molecule has 0 aromatic heterocycles. The van der Waals surface area contributed by atoms with Gasteiger partial charge in [-0.05, 0) is 17.7 Å². The second-order valence-corrected chi connectivity index (χ2v) is 4.85. The lowest BCUT2D eigenvalue weighted by Crippen LogP contribution is -2.20. The van der Waals surface area contributed by atoms with Crippen LogP contribution in [0.3, 0.4) is 0 Å². The Labute approximate surface area is 116 Å². The lowest BCUT2D eigenvalue weighted by atomic mass is 9.92. The Balaban J connectivity index is 2.04. The zero-order valence-corrected chi connectivity index (χ0v) is 10.8. The van der Waals surface area contributed by atoms with Gasteiger partial charge in [0.2, 0.25) is 5.91 Å². The van der Waals surface area contributed by atoms with E-state index in [1.165, 1.54) is 0 Å². The van der Waals surface area contributed by atoms with Crippen LogP contribution in [0.5, 0.6) is 0 Å². The average Bonchev–Trinajstić information content (AvgIpc) is 2.57. The number of ketones is 1. The van der Waals surface area contributed by atoms with Crippen molar-refractivity contribution in [1.29, 1.82) is 0 Å². The van der Waals surface area contributed by atoms with Crippen molar-refractivity contribution in [2.24, 2.45) is 0 Å². The van der Waals surface area contributed by atoms with Crippen molar-refractivity contribution in [3.63, 3.8) is 0 Å². The second-order valence-electron chi connectivity index (χ2n) is 4.85. The summed E-state index contributed by atoms with van der Waals surface area (Å²) in [6.45, 7) is 0. The third-order valence-corrected chi connectivity index (χ3v) is 3.54. The summed E-state index contributed by atoms with van der Waals surface area (Å²) in [5.41, 5.74) is 8.02. The molecule has 2 aromatic rings. The number of rotatable bonds is 1. The normalized spacial score (nSPS) is 18.1. The molecule has 0 bridgehead atoms. The fraction of sp³-hybridized carbons (Fsp3) is 0.125. The SMILES string of the molecule is Nc1cccc2c1C(=O)C[C@@H](c1ccccc1)C(=O)N2. The van der Waals surface area contributed by atoms with Crippen molar-refractivity contribution in [2.75, 3.05) is 11.1 Å². The number of fused-ring (bicyclic) bond motifs is 1. The molecule has 100 valence electrons. The van der Waals surface area contributed by atoms with Gasteiger partial charge < -0.3 is 11.1 Å². The minimum absolute atomic E-state index is 0.106. The predicted molar refractivity (Wildman–Crippen MR) is 77.6 cm³/mol. The lowest BCUT2D eigenvalue weighted by Gasteiger charge is -2.12. The van der Waals surface area contributed by atoms with Crippen LogP contribution in [0.15, 0.2) is 48.5 Å².